The maximum atomic E-state index is 11.1. The maximum absolute atomic E-state index is 11.1. The summed E-state index contributed by atoms with van der Waals surface area (Å²) in [5.74, 6) is -2.16. The van der Waals surface area contributed by atoms with Crippen molar-refractivity contribution < 1.29 is 28.7 Å². The molecule has 0 radical (unpaired) electrons. The number of halogens is 1. The fourth-order valence-electron chi connectivity index (χ4n) is 11.5. The smallest absolute Gasteiger partial charge is 0.133 e. The van der Waals surface area contributed by atoms with E-state index in [0.29, 0.717) is 61.4 Å². The van der Waals surface area contributed by atoms with Crippen LogP contribution in [0.2, 0.25) is 5.02 Å². The number of ether oxygens (including phenoxy) is 2. The third-order valence-electron chi connectivity index (χ3n) is 16.6. The highest BCUT2D eigenvalue weighted by Gasteiger charge is 2.32. The summed E-state index contributed by atoms with van der Waals surface area (Å²) in [7, 11) is 0. The van der Waals surface area contributed by atoms with Gasteiger partial charge in [-0.3, -0.25) is 0 Å². The van der Waals surface area contributed by atoms with Crippen molar-refractivity contribution >= 4 is 45.7 Å². The van der Waals surface area contributed by atoms with Crippen molar-refractivity contribution in [3.63, 3.8) is 0 Å². The van der Waals surface area contributed by atoms with Gasteiger partial charge >= 0.3 is 0 Å². The Morgan fingerprint density at radius 3 is 0.916 bits per heavy atom. The molecule has 0 spiro atoms. The topological polar surface area (TPSA) is 24.9 Å². The summed E-state index contributed by atoms with van der Waals surface area (Å²) in [6.07, 6.45) is 0. The predicted octanol–water partition coefficient (Wildman–Crippen LogP) is 26.8. The van der Waals surface area contributed by atoms with Gasteiger partial charge < -0.3 is 19.3 Å². The quantitative estimate of drug-likeness (QED) is 0.0963. The van der Waals surface area contributed by atoms with E-state index in [1.807, 2.05) is 160 Å². The largest absolute Gasteiger partial charge is 0.457 e. The lowest BCUT2D eigenvalue weighted by Gasteiger charge is -2.36. The van der Waals surface area contributed by atoms with E-state index in [1.54, 1.807) is 70.5 Å². The van der Waals surface area contributed by atoms with Crippen LogP contribution in [0.15, 0.2) is 315 Å². The molecule has 0 saturated heterocycles. The van der Waals surface area contributed by atoms with Crippen LogP contribution in [0.3, 0.4) is 0 Å². The molecule has 0 bridgehead atoms. The minimum Gasteiger partial charge on any atom is -0.457 e. The van der Waals surface area contributed by atoms with Gasteiger partial charge in [0.25, 0.3) is 0 Å². The predicted molar refractivity (Wildman–Crippen MR) is 403 cm³/mol. The van der Waals surface area contributed by atoms with Crippen molar-refractivity contribution in [2.75, 3.05) is 9.80 Å². The molecule has 95 heavy (non-hydrogen) atoms. The zero-order chi connectivity index (χ0) is 78.0. The van der Waals surface area contributed by atoms with E-state index in [2.05, 4.69) is 65.8 Å². The summed E-state index contributed by atoms with van der Waals surface area (Å²) in [5, 5.41) is -0.377. The zero-order valence-electron chi connectivity index (χ0n) is 68.5. The van der Waals surface area contributed by atoms with Crippen LogP contribution < -0.4 is 19.3 Å². The highest BCUT2D eigenvalue weighted by atomic mass is 35.5. The van der Waals surface area contributed by atoms with Gasteiger partial charge in [-0.15, -0.1) is 0 Å². The lowest BCUT2D eigenvalue weighted by molar-refractivity contribution is 0.460. The van der Waals surface area contributed by atoms with Gasteiger partial charge in [-0.25, -0.2) is 0 Å². The fourth-order valence-corrected chi connectivity index (χ4v) is 11.7. The van der Waals surface area contributed by atoms with Crippen molar-refractivity contribution in [1.82, 2.24) is 0 Å². The lowest BCUT2D eigenvalue weighted by atomic mass is 9.81. The molecule has 0 aliphatic carbocycles. The molecule has 13 aromatic carbocycles. The average Bonchev–Trinajstić information content (AvgIpc) is 0.724. The van der Waals surface area contributed by atoms with Crippen LogP contribution in [-0.4, -0.2) is 0 Å². The number of hydrogen-bond acceptors (Lipinski definition) is 4. The molecule has 0 unspecified atom stereocenters. The fraction of sp³-hybridized carbons (Fsp3) is 0.133. The molecule has 0 N–H and O–H groups in total. The first kappa shape index (κ1) is 48.1. The first-order valence-electron chi connectivity index (χ1n) is 38.7. The minimum absolute atomic E-state index is 0.0123. The summed E-state index contributed by atoms with van der Waals surface area (Å²) in [4.78, 5) is 3.50. The number of rotatable bonds is 16. The van der Waals surface area contributed by atoms with Gasteiger partial charge in [0.2, 0.25) is 0 Å². The van der Waals surface area contributed by atoms with Gasteiger partial charge in [0.15, 0.2) is 0 Å². The molecule has 468 valence electrons. The molecule has 13 aromatic rings. The second-order valence-electron chi connectivity index (χ2n) is 26.4. The zero-order valence-corrected chi connectivity index (χ0v) is 55.3. The highest BCUT2D eigenvalue weighted by molar-refractivity contribution is 6.31. The summed E-state index contributed by atoms with van der Waals surface area (Å²) in [6, 6.07) is 63.6. The van der Waals surface area contributed by atoms with E-state index in [1.165, 1.54) is 0 Å². The molecule has 0 aromatic heterocycles. The standard InChI is InChI=1S/C90H79ClN2O2/c1-88(2,3)70-51-75(92(74-42-28-41-73(91)57-74)86-82(66-33-20-12-21-34-66)53-71(89(4,5)6)54-83(86)67-35-22-13-23-36-67)58-76(52-70)93(87-84(68-37-24-14-25-38-68)55-72(90(7,8)9)56-85(87)69-39-26-15-27-40-69)77-59-80(94-78-47-43-64(44-48-78)62-29-16-10-17-30-62)61-81(60-77)95-79-49-45-65(46-50-79)63-31-18-11-19-32-63/h10-61H,1-9H3/i28D,41D,42D,43D,44D,45D,46D,47D,48D,49D,50D,57D,59D,60D. The number of anilines is 6. The Morgan fingerprint density at radius 1 is 0.284 bits per heavy atom. The van der Waals surface area contributed by atoms with E-state index in [9.17, 15) is 17.8 Å². The Bertz CT molecular complexity index is 5340. The van der Waals surface area contributed by atoms with Crippen molar-refractivity contribution in [2.24, 2.45) is 0 Å². The number of hydrogen-bond donors (Lipinski definition) is 0. The Kier molecular flexibility index (Phi) is 13.6. The van der Waals surface area contributed by atoms with Crippen molar-refractivity contribution in [3.05, 3.63) is 337 Å². The van der Waals surface area contributed by atoms with E-state index in [0.717, 1.165) is 28.3 Å². The summed E-state index contributed by atoms with van der Waals surface area (Å²) in [5.41, 5.74) is 7.63. The molecule has 0 amide bonds. The Labute approximate surface area is 586 Å². The van der Waals surface area contributed by atoms with Gasteiger partial charge in [0, 0.05) is 62.5 Å². The SMILES string of the molecule is [2H]c1c([2H])c(Cl)c([2H])c(N(c2cc(N(c3c(-c4ccccc4)cc(C(C)(C)C)cc3-c3ccccc3)c3c([2H])c(Oc4c([2H])c([2H])c(-c5ccccc5)c([2H])c4[2H])cc(Oc4c([2H])c([2H])c(-c5ccccc5)c([2H])c4[2H])c3[2H])cc(C(C)(C)C)c2)c2c(-c3ccccc3)cc(C(C)(C)C)cc2-c2ccccc2)c1[2H]. The molecule has 0 saturated carbocycles. The van der Waals surface area contributed by atoms with Gasteiger partial charge in [0.05, 0.1) is 36.3 Å². The minimum atomic E-state index is -0.835. The molecule has 0 atom stereocenters. The van der Waals surface area contributed by atoms with Crippen LogP contribution in [0, 0.1) is 0 Å². The average molecular weight is 1270 g/mol. The molecule has 5 heteroatoms. The summed E-state index contributed by atoms with van der Waals surface area (Å²) < 4.78 is 151. The molecule has 0 aliphatic heterocycles. The van der Waals surface area contributed by atoms with Gasteiger partial charge in [-0.2, -0.15) is 0 Å². The number of nitrogens with zero attached hydrogens (tertiary/aromatic N) is 2. The van der Waals surface area contributed by atoms with Crippen molar-refractivity contribution in [3.8, 4) is 89.8 Å². The molecule has 4 nitrogen and oxygen atoms in total. The first-order valence-corrected chi connectivity index (χ1v) is 32.1. The third kappa shape index (κ3) is 14.2. The van der Waals surface area contributed by atoms with E-state index in [4.69, 9.17) is 22.4 Å². The van der Waals surface area contributed by atoms with Crippen LogP contribution in [0.1, 0.15) is 98.2 Å². The van der Waals surface area contributed by atoms with Gasteiger partial charge in [-0.05, 0) is 162 Å². The van der Waals surface area contributed by atoms with Crippen LogP contribution in [0.25, 0.3) is 66.8 Å². The van der Waals surface area contributed by atoms with Crippen LogP contribution >= 0.6 is 11.6 Å². The van der Waals surface area contributed by atoms with Gasteiger partial charge in [0.1, 0.15) is 23.0 Å². The number of benzene rings is 13. The maximum Gasteiger partial charge on any atom is 0.133 e. The van der Waals surface area contributed by atoms with Crippen LogP contribution in [0.5, 0.6) is 23.0 Å². The summed E-state index contributed by atoms with van der Waals surface area (Å²) >= 11 is 7.18. The van der Waals surface area contributed by atoms with Crippen molar-refractivity contribution in [1.29, 1.82) is 0 Å². The van der Waals surface area contributed by atoms with E-state index >= 15 is 0 Å². The van der Waals surface area contributed by atoms with Crippen molar-refractivity contribution in [2.45, 2.75) is 78.6 Å². The van der Waals surface area contributed by atoms with Crippen LogP contribution in [-0.2, 0) is 16.2 Å². The van der Waals surface area contributed by atoms with Crippen LogP contribution in [0.4, 0.5) is 34.1 Å². The molecular formula is C90H79ClN2O2. The Balaban J connectivity index is 1.25. The molecule has 13 rings (SSSR count). The Hall–Kier alpha value is -10.7. The summed E-state index contributed by atoms with van der Waals surface area (Å²) in [6.45, 7) is 18.7. The second kappa shape index (κ2) is 26.8. The second-order valence-corrected chi connectivity index (χ2v) is 26.8. The first-order chi connectivity index (χ1) is 51.8. The normalized spacial score (nSPS) is 13.7. The molecule has 0 aliphatic rings. The molecule has 0 heterocycles. The van der Waals surface area contributed by atoms with E-state index < -0.39 is 124 Å². The van der Waals surface area contributed by atoms with Gasteiger partial charge in [-0.1, -0.05) is 286 Å². The molecule has 0 fully saturated rings. The lowest BCUT2D eigenvalue weighted by Crippen LogP contribution is -2.20. The third-order valence-corrected chi connectivity index (χ3v) is 16.7. The monoisotopic (exact) mass is 1270 g/mol. The Morgan fingerprint density at radius 2 is 0.589 bits per heavy atom. The highest BCUT2D eigenvalue weighted by Crippen LogP contribution is 2.55. The van der Waals surface area contributed by atoms with E-state index in [-0.39, 0.29) is 38.9 Å². The molecular weight excluding hydrogens is 1180 g/mol.